The van der Waals surface area contributed by atoms with Crippen molar-refractivity contribution in [2.24, 2.45) is 5.73 Å². The van der Waals surface area contributed by atoms with Gasteiger partial charge in [-0.2, -0.15) is 0 Å². The summed E-state index contributed by atoms with van der Waals surface area (Å²) in [5.74, 6) is 0.427. The molecule has 6 nitrogen and oxygen atoms in total. The summed E-state index contributed by atoms with van der Waals surface area (Å²) in [5, 5.41) is -0.134. The summed E-state index contributed by atoms with van der Waals surface area (Å²) >= 11 is 0. The molecule has 98 valence electrons. The van der Waals surface area contributed by atoms with Gasteiger partial charge in [0.15, 0.2) is 0 Å². The van der Waals surface area contributed by atoms with Gasteiger partial charge in [-0.1, -0.05) is 0 Å². The summed E-state index contributed by atoms with van der Waals surface area (Å²) in [7, 11) is -2.12. The van der Waals surface area contributed by atoms with Crippen molar-refractivity contribution < 1.29 is 17.6 Å². The minimum Gasteiger partial charge on any atom is -0.447 e. The number of rotatable bonds is 6. The molecule has 0 unspecified atom stereocenters. The second-order valence-electron chi connectivity index (χ2n) is 4.21. The van der Waals surface area contributed by atoms with Crippen molar-refractivity contribution in [3.8, 4) is 0 Å². The van der Waals surface area contributed by atoms with Crippen molar-refractivity contribution in [2.75, 3.05) is 13.7 Å². The highest BCUT2D eigenvalue weighted by atomic mass is 32.2. The number of methoxy groups -OCH3 is 1. The van der Waals surface area contributed by atoms with E-state index in [0.29, 0.717) is 5.76 Å². The molecule has 17 heavy (non-hydrogen) atoms. The fraction of sp³-hybridized carbons (Fsp3) is 0.600. The van der Waals surface area contributed by atoms with Crippen molar-refractivity contribution in [3.05, 3.63) is 17.9 Å². The highest BCUT2D eigenvalue weighted by Gasteiger charge is 2.23. The van der Waals surface area contributed by atoms with Gasteiger partial charge in [0.1, 0.15) is 5.76 Å². The van der Waals surface area contributed by atoms with Crippen LogP contribution < -0.4 is 10.5 Å². The molecule has 0 atom stereocenters. The third-order valence-corrected chi connectivity index (χ3v) is 3.62. The van der Waals surface area contributed by atoms with Crippen molar-refractivity contribution in [1.82, 2.24) is 4.72 Å². The molecule has 0 saturated carbocycles. The largest absolute Gasteiger partial charge is 0.447 e. The van der Waals surface area contributed by atoms with Crippen LogP contribution in [-0.4, -0.2) is 27.7 Å². The minimum absolute atomic E-state index is 0.134. The van der Waals surface area contributed by atoms with E-state index in [-0.39, 0.29) is 18.2 Å². The van der Waals surface area contributed by atoms with Crippen LogP contribution in [0.15, 0.2) is 21.6 Å². The first kappa shape index (κ1) is 14.2. The Balaban J connectivity index is 2.76. The number of hydrogen-bond acceptors (Lipinski definition) is 5. The Morgan fingerprint density at radius 3 is 2.59 bits per heavy atom. The van der Waals surface area contributed by atoms with Crippen molar-refractivity contribution in [2.45, 2.75) is 31.1 Å². The van der Waals surface area contributed by atoms with E-state index in [0.717, 1.165) is 0 Å². The van der Waals surface area contributed by atoms with E-state index in [4.69, 9.17) is 14.9 Å². The van der Waals surface area contributed by atoms with E-state index >= 15 is 0 Å². The zero-order valence-electron chi connectivity index (χ0n) is 10.2. The van der Waals surface area contributed by atoms with E-state index in [1.165, 1.54) is 19.2 Å². The van der Waals surface area contributed by atoms with Gasteiger partial charge in [-0.25, -0.2) is 13.1 Å². The average Bonchev–Trinajstić information content (AvgIpc) is 2.76. The maximum atomic E-state index is 11.8. The van der Waals surface area contributed by atoms with Gasteiger partial charge in [0.2, 0.25) is 5.09 Å². The van der Waals surface area contributed by atoms with Crippen LogP contribution in [0.25, 0.3) is 0 Å². The standard InChI is InChI=1S/C10H18N2O4S/c1-10(2,15-3)7-12-17(13,14)9-5-4-8(6-11)16-9/h4-5,12H,6-7,11H2,1-3H3. The lowest BCUT2D eigenvalue weighted by molar-refractivity contribution is 0.0275. The molecule has 1 aromatic heterocycles. The molecule has 1 rings (SSSR count). The predicted octanol–water partition coefficient (Wildman–Crippen LogP) is 0.442. The molecular weight excluding hydrogens is 244 g/mol. The van der Waals surface area contributed by atoms with Crippen LogP contribution in [0, 0.1) is 0 Å². The summed E-state index contributed by atoms with van der Waals surface area (Å²) in [6, 6.07) is 2.92. The number of ether oxygens (including phenoxy) is 1. The number of hydrogen-bond donors (Lipinski definition) is 2. The molecule has 0 fully saturated rings. The molecule has 0 bridgehead atoms. The van der Waals surface area contributed by atoms with Crippen LogP contribution in [0.4, 0.5) is 0 Å². The zero-order chi connectivity index (χ0) is 13.1. The van der Waals surface area contributed by atoms with Crippen molar-refractivity contribution in [1.29, 1.82) is 0 Å². The molecule has 0 aliphatic rings. The normalized spacial score (nSPS) is 12.9. The van der Waals surface area contributed by atoms with Gasteiger partial charge in [0.25, 0.3) is 10.0 Å². The molecule has 7 heteroatoms. The lowest BCUT2D eigenvalue weighted by Gasteiger charge is -2.22. The summed E-state index contributed by atoms with van der Waals surface area (Å²) < 4.78 is 36.3. The number of sulfonamides is 1. The lowest BCUT2D eigenvalue weighted by atomic mass is 10.1. The van der Waals surface area contributed by atoms with Gasteiger partial charge in [-0.3, -0.25) is 0 Å². The Labute approximate surface area is 101 Å². The Kier molecular flexibility index (Phi) is 4.31. The molecule has 1 aromatic rings. The number of nitrogens with two attached hydrogens (primary N) is 1. The second kappa shape index (κ2) is 5.18. The Hall–Kier alpha value is -0.890. The molecule has 0 aliphatic carbocycles. The van der Waals surface area contributed by atoms with Crippen molar-refractivity contribution >= 4 is 10.0 Å². The van der Waals surface area contributed by atoms with Crippen LogP contribution >= 0.6 is 0 Å². The van der Waals surface area contributed by atoms with Gasteiger partial charge < -0.3 is 14.9 Å². The molecule has 3 N–H and O–H groups in total. The lowest BCUT2D eigenvalue weighted by Crippen LogP contribution is -2.39. The van der Waals surface area contributed by atoms with E-state index < -0.39 is 15.6 Å². The first-order chi connectivity index (χ1) is 7.80. The summed E-state index contributed by atoms with van der Waals surface area (Å²) in [6.07, 6.45) is 0. The van der Waals surface area contributed by atoms with E-state index in [9.17, 15) is 8.42 Å². The summed E-state index contributed by atoms with van der Waals surface area (Å²) in [4.78, 5) is 0. The smallest absolute Gasteiger partial charge is 0.274 e. The predicted molar refractivity (Wildman–Crippen MR) is 62.9 cm³/mol. The molecule has 0 amide bonds. The van der Waals surface area contributed by atoms with E-state index in [2.05, 4.69) is 4.72 Å². The van der Waals surface area contributed by atoms with Gasteiger partial charge >= 0.3 is 0 Å². The maximum absolute atomic E-state index is 11.8. The van der Waals surface area contributed by atoms with Gasteiger partial charge in [0, 0.05) is 13.7 Å². The number of nitrogens with one attached hydrogen (secondary N) is 1. The minimum atomic E-state index is -3.65. The zero-order valence-corrected chi connectivity index (χ0v) is 11.0. The monoisotopic (exact) mass is 262 g/mol. The molecule has 1 heterocycles. The SMILES string of the molecule is COC(C)(C)CNS(=O)(=O)c1ccc(CN)o1. The molecule has 0 aromatic carbocycles. The topological polar surface area (TPSA) is 94.6 Å². The quantitative estimate of drug-likeness (QED) is 0.775. The molecule has 0 spiro atoms. The highest BCUT2D eigenvalue weighted by molar-refractivity contribution is 7.89. The molecular formula is C10H18N2O4S. The summed E-state index contributed by atoms with van der Waals surface area (Å²) in [6.45, 7) is 3.88. The Morgan fingerprint density at radius 2 is 2.12 bits per heavy atom. The first-order valence-electron chi connectivity index (χ1n) is 5.14. The highest BCUT2D eigenvalue weighted by Crippen LogP contribution is 2.14. The molecule has 0 saturated heterocycles. The average molecular weight is 262 g/mol. The van der Waals surface area contributed by atoms with Crippen LogP contribution in [-0.2, 0) is 21.3 Å². The van der Waals surface area contributed by atoms with Crippen LogP contribution in [0.2, 0.25) is 0 Å². The number of furan rings is 1. The molecule has 0 aliphatic heterocycles. The van der Waals surface area contributed by atoms with Gasteiger partial charge in [-0.15, -0.1) is 0 Å². The van der Waals surface area contributed by atoms with Gasteiger partial charge in [0.05, 0.1) is 12.1 Å². The van der Waals surface area contributed by atoms with Crippen LogP contribution in [0.3, 0.4) is 0 Å². The van der Waals surface area contributed by atoms with Crippen LogP contribution in [0.1, 0.15) is 19.6 Å². The summed E-state index contributed by atoms with van der Waals surface area (Å²) in [5.41, 5.74) is 4.77. The maximum Gasteiger partial charge on any atom is 0.274 e. The van der Waals surface area contributed by atoms with Gasteiger partial charge in [-0.05, 0) is 26.0 Å². The van der Waals surface area contributed by atoms with Crippen molar-refractivity contribution in [3.63, 3.8) is 0 Å². The second-order valence-corrected chi connectivity index (χ2v) is 5.91. The fourth-order valence-electron chi connectivity index (χ4n) is 1.02. The first-order valence-corrected chi connectivity index (χ1v) is 6.62. The van der Waals surface area contributed by atoms with E-state index in [1.807, 2.05) is 0 Å². The third-order valence-electron chi connectivity index (χ3n) is 2.34. The van der Waals surface area contributed by atoms with Crippen LogP contribution in [0.5, 0.6) is 0 Å². The molecule has 0 radical (unpaired) electrons. The third kappa shape index (κ3) is 3.81. The fourth-order valence-corrected chi connectivity index (χ4v) is 2.17. The Bertz CT molecular complexity index is 464. The van der Waals surface area contributed by atoms with E-state index in [1.54, 1.807) is 13.8 Å². The Morgan fingerprint density at radius 1 is 1.47 bits per heavy atom.